The highest BCUT2D eigenvalue weighted by Gasteiger charge is 2.20. The van der Waals surface area contributed by atoms with Gasteiger partial charge in [0.2, 0.25) is 5.91 Å². The average Bonchev–Trinajstić information content (AvgIpc) is 2.60. The van der Waals surface area contributed by atoms with Crippen LogP contribution in [0.15, 0.2) is 54.6 Å². The summed E-state index contributed by atoms with van der Waals surface area (Å²) in [6.45, 7) is 5.38. The van der Waals surface area contributed by atoms with E-state index in [1.54, 1.807) is 39.0 Å². The Kier molecular flexibility index (Phi) is 6.96. The SMILES string of the molecule is CC(C)(C)OC(=O)CC[C@@H](N)C(=O)Nc1ccccc1Oc1ccccc1. The molecule has 0 radical (unpaired) electrons. The maximum Gasteiger partial charge on any atom is 0.306 e. The molecule has 1 atom stereocenters. The third-order valence-corrected chi connectivity index (χ3v) is 3.53. The monoisotopic (exact) mass is 370 g/mol. The molecule has 0 heterocycles. The topological polar surface area (TPSA) is 90.7 Å². The van der Waals surface area contributed by atoms with Gasteiger partial charge in [0.15, 0.2) is 5.75 Å². The molecule has 144 valence electrons. The van der Waals surface area contributed by atoms with E-state index in [4.69, 9.17) is 15.2 Å². The van der Waals surface area contributed by atoms with Gasteiger partial charge in [-0.05, 0) is 51.5 Å². The van der Waals surface area contributed by atoms with E-state index in [1.807, 2.05) is 36.4 Å². The molecule has 3 N–H and O–H groups in total. The summed E-state index contributed by atoms with van der Waals surface area (Å²) in [5.74, 6) is 0.408. The minimum absolute atomic E-state index is 0.0774. The number of esters is 1. The van der Waals surface area contributed by atoms with Gasteiger partial charge in [-0.3, -0.25) is 9.59 Å². The van der Waals surface area contributed by atoms with Gasteiger partial charge >= 0.3 is 5.97 Å². The number of nitrogens with one attached hydrogen (secondary N) is 1. The number of hydrogen-bond donors (Lipinski definition) is 2. The van der Waals surface area contributed by atoms with E-state index in [0.717, 1.165) is 0 Å². The summed E-state index contributed by atoms with van der Waals surface area (Å²) in [6, 6.07) is 15.5. The average molecular weight is 370 g/mol. The van der Waals surface area contributed by atoms with Gasteiger partial charge in [-0.25, -0.2) is 0 Å². The molecule has 2 aromatic rings. The predicted molar refractivity (Wildman–Crippen MR) is 105 cm³/mol. The van der Waals surface area contributed by atoms with Crippen molar-refractivity contribution < 1.29 is 19.1 Å². The summed E-state index contributed by atoms with van der Waals surface area (Å²) in [5, 5.41) is 2.76. The lowest BCUT2D eigenvalue weighted by molar-refractivity contribution is -0.155. The molecule has 0 saturated heterocycles. The summed E-state index contributed by atoms with van der Waals surface area (Å²) < 4.78 is 11.0. The molecule has 6 nitrogen and oxygen atoms in total. The largest absolute Gasteiger partial charge is 0.460 e. The van der Waals surface area contributed by atoms with Crippen LogP contribution in [0, 0.1) is 0 Å². The van der Waals surface area contributed by atoms with E-state index in [-0.39, 0.29) is 24.7 Å². The van der Waals surface area contributed by atoms with Crippen LogP contribution in [0.25, 0.3) is 0 Å². The van der Waals surface area contributed by atoms with Crippen LogP contribution < -0.4 is 15.8 Å². The van der Waals surface area contributed by atoms with Crippen molar-refractivity contribution in [2.24, 2.45) is 5.73 Å². The van der Waals surface area contributed by atoms with E-state index in [0.29, 0.717) is 17.2 Å². The van der Waals surface area contributed by atoms with Crippen LogP contribution >= 0.6 is 0 Å². The number of anilines is 1. The van der Waals surface area contributed by atoms with Crippen LogP contribution in [0.2, 0.25) is 0 Å². The van der Waals surface area contributed by atoms with Crippen molar-refractivity contribution in [1.29, 1.82) is 0 Å². The Balaban J connectivity index is 1.94. The molecule has 27 heavy (non-hydrogen) atoms. The van der Waals surface area contributed by atoms with Crippen molar-refractivity contribution in [2.75, 3.05) is 5.32 Å². The van der Waals surface area contributed by atoms with Crippen molar-refractivity contribution in [1.82, 2.24) is 0 Å². The molecular formula is C21H26N2O4. The number of nitrogens with two attached hydrogens (primary N) is 1. The quantitative estimate of drug-likeness (QED) is 0.722. The van der Waals surface area contributed by atoms with Gasteiger partial charge < -0.3 is 20.5 Å². The van der Waals surface area contributed by atoms with Crippen molar-refractivity contribution in [3.05, 3.63) is 54.6 Å². The second kappa shape index (κ2) is 9.19. The lowest BCUT2D eigenvalue weighted by atomic mass is 10.1. The Labute approximate surface area is 159 Å². The highest BCUT2D eigenvalue weighted by molar-refractivity contribution is 5.96. The van der Waals surface area contributed by atoms with E-state index in [1.165, 1.54) is 0 Å². The maximum atomic E-state index is 12.4. The van der Waals surface area contributed by atoms with Crippen LogP contribution in [0.5, 0.6) is 11.5 Å². The van der Waals surface area contributed by atoms with Crippen molar-refractivity contribution in [3.8, 4) is 11.5 Å². The molecule has 0 fully saturated rings. The molecule has 0 aliphatic carbocycles. The third-order valence-electron chi connectivity index (χ3n) is 3.53. The van der Waals surface area contributed by atoms with Gasteiger partial charge in [-0.1, -0.05) is 30.3 Å². The molecule has 1 amide bonds. The minimum Gasteiger partial charge on any atom is -0.460 e. The number of hydrogen-bond acceptors (Lipinski definition) is 5. The first-order chi connectivity index (χ1) is 12.7. The zero-order valence-electron chi connectivity index (χ0n) is 15.9. The number of para-hydroxylation sites is 3. The van der Waals surface area contributed by atoms with Crippen LogP contribution in [0.4, 0.5) is 5.69 Å². The minimum atomic E-state index is -0.831. The summed E-state index contributed by atoms with van der Waals surface area (Å²) >= 11 is 0. The summed E-state index contributed by atoms with van der Waals surface area (Å²) in [4.78, 5) is 24.1. The Morgan fingerprint density at radius 3 is 2.33 bits per heavy atom. The molecule has 0 spiro atoms. The lowest BCUT2D eigenvalue weighted by Crippen LogP contribution is -2.36. The van der Waals surface area contributed by atoms with E-state index < -0.39 is 11.6 Å². The Hall–Kier alpha value is -2.86. The van der Waals surface area contributed by atoms with Gasteiger partial charge in [0, 0.05) is 6.42 Å². The Morgan fingerprint density at radius 1 is 1.04 bits per heavy atom. The van der Waals surface area contributed by atoms with Gasteiger partial charge in [0.1, 0.15) is 11.4 Å². The summed E-state index contributed by atoms with van der Waals surface area (Å²) in [7, 11) is 0. The Morgan fingerprint density at radius 2 is 1.67 bits per heavy atom. The molecule has 6 heteroatoms. The molecule has 2 aromatic carbocycles. The molecule has 0 saturated carbocycles. The van der Waals surface area contributed by atoms with Crippen LogP contribution in [0.1, 0.15) is 33.6 Å². The summed E-state index contributed by atoms with van der Waals surface area (Å²) in [5.41, 5.74) is 5.87. The number of amides is 1. The number of carbonyl (C=O) groups is 2. The number of benzene rings is 2. The van der Waals surface area contributed by atoms with Gasteiger partial charge in [0.25, 0.3) is 0 Å². The van der Waals surface area contributed by atoms with Crippen molar-refractivity contribution in [2.45, 2.75) is 45.3 Å². The number of rotatable bonds is 7. The highest BCUT2D eigenvalue weighted by atomic mass is 16.6. The first-order valence-corrected chi connectivity index (χ1v) is 8.85. The first-order valence-electron chi connectivity index (χ1n) is 8.85. The van der Waals surface area contributed by atoms with Gasteiger partial charge in [-0.15, -0.1) is 0 Å². The molecule has 0 unspecified atom stereocenters. The van der Waals surface area contributed by atoms with Gasteiger partial charge in [-0.2, -0.15) is 0 Å². The second-order valence-electron chi connectivity index (χ2n) is 7.13. The molecule has 2 rings (SSSR count). The van der Waals surface area contributed by atoms with Crippen molar-refractivity contribution >= 4 is 17.6 Å². The second-order valence-corrected chi connectivity index (χ2v) is 7.13. The molecular weight excluding hydrogens is 344 g/mol. The fourth-order valence-corrected chi connectivity index (χ4v) is 2.30. The van der Waals surface area contributed by atoms with Crippen LogP contribution in [-0.4, -0.2) is 23.5 Å². The molecule has 0 aromatic heterocycles. The number of carbonyl (C=O) groups excluding carboxylic acids is 2. The van der Waals surface area contributed by atoms with E-state index in [9.17, 15) is 9.59 Å². The van der Waals surface area contributed by atoms with E-state index in [2.05, 4.69) is 5.32 Å². The molecule has 0 aliphatic rings. The number of ether oxygens (including phenoxy) is 2. The Bertz CT molecular complexity index is 769. The highest BCUT2D eigenvalue weighted by Crippen LogP contribution is 2.29. The fourth-order valence-electron chi connectivity index (χ4n) is 2.30. The smallest absolute Gasteiger partial charge is 0.306 e. The lowest BCUT2D eigenvalue weighted by Gasteiger charge is -2.20. The molecule has 0 aliphatic heterocycles. The summed E-state index contributed by atoms with van der Waals surface area (Å²) in [6.07, 6.45) is 0.274. The normalized spacial score (nSPS) is 12.1. The first kappa shape index (κ1) is 20.5. The van der Waals surface area contributed by atoms with Crippen LogP contribution in [-0.2, 0) is 14.3 Å². The van der Waals surface area contributed by atoms with Crippen LogP contribution in [0.3, 0.4) is 0 Å². The zero-order chi connectivity index (χ0) is 19.9. The zero-order valence-corrected chi connectivity index (χ0v) is 15.9. The van der Waals surface area contributed by atoms with Gasteiger partial charge in [0.05, 0.1) is 11.7 Å². The molecule has 0 bridgehead atoms. The third kappa shape index (κ3) is 7.11. The van der Waals surface area contributed by atoms with E-state index >= 15 is 0 Å². The fraction of sp³-hybridized carbons (Fsp3) is 0.333. The van der Waals surface area contributed by atoms with Crippen molar-refractivity contribution in [3.63, 3.8) is 0 Å². The maximum absolute atomic E-state index is 12.4. The standard InChI is InChI=1S/C21H26N2O4/c1-21(2,3)27-19(24)14-13-16(22)20(25)23-17-11-7-8-12-18(17)26-15-9-5-4-6-10-15/h4-12,16H,13-14,22H2,1-3H3,(H,23,25)/t16-/m1/s1. The predicted octanol–water partition coefficient (Wildman–Crippen LogP) is 3.87.